The molecule has 2 heterocycles. The first-order valence-corrected chi connectivity index (χ1v) is 9.69. The Labute approximate surface area is 156 Å². The van der Waals surface area contributed by atoms with Crippen molar-refractivity contribution in [1.29, 1.82) is 0 Å². The summed E-state index contributed by atoms with van der Waals surface area (Å²) in [7, 11) is 0. The van der Waals surface area contributed by atoms with Gasteiger partial charge in [0.05, 0.1) is 12.2 Å². The van der Waals surface area contributed by atoms with Crippen molar-refractivity contribution in [2.24, 2.45) is 5.92 Å². The molecule has 2 aromatic carbocycles. The lowest BCUT2D eigenvalue weighted by Gasteiger charge is -2.12. The van der Waals surface area contributed by atoms with Crippen molar-refractivity contribution >= 4 is 11.8 Å². The van der Waals surface area contributed by atoms with Crippen LogP contribution in [0.1, 0.15) is 12.0 Å². The number of ether oxygens (including phenoxy) is 1. The summed E-state index contributed by atoms with van der Waals surface area (Å²) in [4.78, 5) is 0. The number of rotatable bonds is 5. The van der Waals surface area contributed by atoms with E-state index in [-0.39, 0.29) is 5.82 Å². The fourth-order valence-electron chi connectivity index (χ4n) is 3.01. The van der Waals surface area contributed by atoms with Crippen LogP contribution in [0.3, 0.4) is 0 Å². The van der Waals surface area contributed by atoms with E-state index in [1.165, 1.54) is 11.6 Å². The summed E-state index contributed by atoms with van der Waals surface area (Å²) < 4.78 is 21.8. The van der Waals surface area contributed by atoms with Crippen molar-refractivity contribution in [3.8, 4) is 17.1 Å². The Morgan fingerprint density at radius 1 is 1.15 bits per heavy atom. The van der Waals surface area contributed by atoms with E-state index in [0.29, 0.717) is 17.3 Å². The molecule has 0 bridgehead atoms. The highest BCUT2D eigenvalue weighted by atomic mass is 32.2. The van der Waals surface area contributed by atoms with Gasteiger partial charge in [-0.25, -0.2) is 4.39 Å². The van der Waals surface area contributed by atoms with Crippen molar-refractivity contribution in [3.63, 3.8) is 0 Å². The van der Waals surface area contributed by atoms with E-state index in [1.807, 2.05) is 41.8 Å². The maximum absolute atomic E-state index is 14.4. The Bertz CT molecular complexity index is 888. The molecule has 0 spiro atoms. The molecule has 134 valence electrons. The summed E-state index contributed by atoms with van der Waals surface area (Å²) in [6.45, 7) is 3.67. The third-order valence-corrected chi connectivity index (χ3v) is 5.67. The van der Waals surface area contributed by atoms with Crippen LogP contribution in [0.5, 0.6) is 0 Å². The fraction of sp³-hybridized carbons (Fsp3) is 0.300. The zero-order chi connectivity index (χ0) is 17.9. The molecule has 26 heavy (non-hydrogen) atoms. The van der Waals surface area contributed by atoms with Gasteiger partial charge in [0.2, 0.25) is 0 Å². The third-order valence-electron chi connectivity index (χ3n) is 4.51. The number of halogens is 1. The summed E-state index contributed by atoms with van der Waals surface area (Å²) in [5.41, 5.74) is 2.56. The first kappa shape index (κ1) is 17.2. The molecule has 1 atom stereocenters. The SMILES string of the molecule is Cc1ccc(-n2c(SCC3CCOC3)nnc2-c2ccccc2F)cc1. The molecule has 1 aliphatic heterocycles. The van der Waals surface area contributed by atoms with Gasteiger partial charge in [-0.15, -0.1) is 10.2 Å². The van der Waals surface area contributed by atoms with E-state index < -0.39 is 0 Å². The Kier molecular flexibility index (Phi) is 5.04. The number of aromatic nitrogens is 3. The smallest absolute Gasteiger partial charge is 0.196 e. The van der Waals surface area contributed by atoms with Gasteiger partial charge in [-0.05, 0) is 43.5 Å². The predicted molar refractivity (Wildman–Crippen MR) is 101 cm³/mol. The van der Waals surface area contributed by atoms with Gasteiger partial charge in [0.25, 0.3) is 0 Å². The maximum Gasteiger partial charge on any atom is 0.196 e. The molecule has 1 aliphatic rings. The van der Waals surface area contributed by atoms with Gasteiger partial charge in [0, 0.05) is 18.0 Å². The normalized spacial score (nSPS) is 16.9. The van der Waals surface area contributed by atoms with E-state index in [2.05, 4.69) is 10.2 Å². The second-order valence-corrected chi connectivity index (χ2v) is 7.48. The number of hydrogen-bond donors (Lipinski definition) is 0. The molecule has 0 amide bonds. The molecule has 0 aliphatic carbocycles. The lowest BCUT2D eigenvalue weighted by molar-refractivity contribution is 0.189. The van der Waals surface area contributed by atoms with E-state index in [9.17, 15) is 4.39 Å². The Morgan fingerprint density at radius 2 is 1.96 bits per heavy atom. The minimum atomic E-state index is -0.297. The number of nitrogens with zero attached hydrogens (tertiary/aromatic N) is 3. The zero-order valence-corrected chi connectivity index (χ0v) is 15.4. The highest BCUT2D eigenvalue weighted by Gasteiger charge is 2.21. The van der Waals surface area contributed by atoms with E-state index in [0.717, 1.165) is 36.2 Å². The van der Waals surface area contributed by atoms with Gasteiger partial charge < -0.3 is 4.74 Å². The van der Waals surface area contributed by atoms with Crippen LogP contribution in [0.4, 0.5) is 4.39 Å². The predicted octanol–water partition coefficient (Wildman–Crippen LogP) is 4.51. The molecule has 0 saturated carbocycles. The zero-order valence-electron chi connectivity index (χ0n) is 14.6. The third kappa shape index (κ3) is 3.52. The summed E-state index contributed by atoms with van der Waals surface area (Å²) in [5, 5.41) is 9.45. The second-order valence-electron chi connectivity index (χ2n) is 6.50. The molecule has 1 unspecified atom stereocenters. The molecule has 1 saturated heterocycles. The van der Waals surface area contributed by atoms with Crippen molar-refractivity contribution in [1.82, 2.24) is 14.8 Å². The summed E-state index contributed by atoms with van der Waals surface area (Å²) in [6, 6.07) is 14.8. The molecule has 6 heteroatoms. The topological polar surface area (TPSA) is 39.9 Å². The van der Waals surface area contributed by atoms with E-state index >= 15 is 0 Å². The molecule has 0 radical (unpaired) electrons. The molecule has 3 aromatic rings. The highest BCUT2D eigenvalue weighted by Crippen LogP contribution is 2.31. The summed E-state index contributed by atoms with van der Waals surface area (Å²) in [6.07, 6.45) is 1.08. The van der Waals surface area contributed by atoms with Crippen LogP contribution in [-0.2, 0) is 4.74 Å². The van der Waals surface area contributed by atoms with Gasteiger partial charge in [-0.3, -0.25) is 4.57 Å². The fourth-order valence-corrected chi connectivity index (χ4v) is 4.08. The standard InChI is InChI=1S/C20H20FN3OS/c1-14-6-8-16(9-7-14)24-19(17-4-2-3-5-18(17)21)22-23-20(24)26-13-15-10-11-25-12-15/h2-9,15H,10-13H2,1H3. The van der Waals surface area contributed by atoms with Gasteiger partial charge in [-0.2, -0.15) is 0 Å². The molecule has 1 fully saturated rings. The Balaban J connectivity index is 1.74. The average Bonchev–Trinajstić information content (AvgIpc) is 3.31. The Morgan fingerprint density at radius 3 is 2.69 bits per heavy atom. The number of hydrogen-bond acceptors (Lipinski definition) is 4. The van der Waals surface area contributed by atoms with Crippen LogP contribution in [-0.4, -0.2) is 33.7 Å². The van der Waals surface area contributed by atoms with E-state index in [4.69, 9.17) is 4.74 Å². The minimum Gasteiger partial charge on any atom is -0.381 e. The molecular weight excluding hydrogens is 349 g/mol. The molecule has 0 N–H and O–H groups in total. The van der Waals surface area contributed by atoms with Crippen LogP contribution in [0.25, 0.3) is 17.1 Å². The van der Waals surface area contributed by atoms with Crippen molar-refractivity contribution < 1.29 is 9.13 Å². The van der Waals surface area contributed by atoms with Crippen LogP contribution in [0.15, 0.2) is 53.7 Å². The monoisotopic (exact) mass is 369 g/mol. The average molecular weight is 369 g/mol. The summed E-state index contributed by atoms with van der Waals surface area (Å²) in [5.74, 6) is 1.67. The van der Waals surface area contributed by atoms with E-state index in [1.54, 1.807) is 23.9 Å². The van der Waals surface area contributed by atoms with Gasteiger partial charge in [0.15, 0.2) is 11.0 Å². The van der Waals surface area contributed by atoms with Crippen molar-refractivity contribution in [2.45, 2.75) is 18.5 Å². The van der Waals surface area contributed by atoms with Gasteiger partial charge in [0.1, 0.15) is 5.82 Å². The van der Waals surface area contributed by atoms with Crippen LogP contribution in [0.2, 0.25) is 0 Å². The molecular formula is C20H20FN3OS. The largest absolute Gasteiger partial charge is 0.381 e. The van der Waals surface area contributed by atoms with Gasteiger partial charge in [-0.1, -0.05) is 41.6 Å². The van der Waals surface area contributed by atoms with Crippen LogP contribution < -0.4 is 0 Å². The molecule has 4 nitrogen and oxygen atoms in total. The van der Waals surface area contributed by atoms with Gasteiger partial charge >= 0.3 is 0 Å². The van der Waals surface area contributed by atoms with Crippen molar-refractivity contribution in [2.75, 3.05) is 19.0 Å². The first-order chi connectivity index (χ1) is 12.7. The quantitative estimate of drug-likeness (QED) is 0.621. The second kappa shape index (κ2) is 7.60. The molecule has 4 rings (SSSR count). The number of benzene rings is 2. The Hall–Kier alpha value is -2.18. The van der Waals surface area contributed by atoms with Crippen LogP contribution in [0, 0.1) is 18.7 Å². The van der Waals surface area contributed by atoms with Crippen molar-refractivity contribution in [3.05, 3.63) is 59.9 Å². The van der Waals surface area contributed by atoms with Crippen LogP contribution >= 0.6 is 11.8 Å². The summed E-state index contributed by atoms with van der Waals surface area (Å²) >= 11 is 1.65. The number of thioether (sulfide) groups is 1. The molecule has 1 aromatic heterocycles. The minimum absolute atomic E-state index is 0.297. The first-order valence-electron chi connectivity index (χ1n) is 8.70. The highest BCUT2D eigenvalue weighted by molar-refractivity contribution is 7.99. The lowest BCUT2D eigenvalue weighted by Crippen LogP contribution is -2.05. The number of aryl methyl sites for hydroxylation is 1. The lowest BCUT2D eigenvalue weighted by atomic mass is 10.2. The maximum atomic E-state index is 14.4.